The van der Waals surface area contributed by atoms with E-state index in [2.05, 4.69) is 86.0 Å². The maximum absolute atomic E-state index is 4.25. The molecule has 3 nitrogen and oxygen atoms in total. The van der Waals surface area contributed by atoms with Gasteiger partial charge in [0.05, 0.1) is 0 Å². The van der Waals surface area contributed by atoms with Crippen LogP contribution in [0, 0.1) is 6.92 Å². The maximum atomic E-state index is 4.25. The Hall–Kier alpha value is -2.17. The minimum atomic E-state index is 0.669. The van der Waals surface area contributed by atoms with Crippen LogP contribution in [-0.4, -0.2) is 34.6 Å². The summed E-state index contributed by atoms with van der Waals surface area (Å²) in [6.07, 6.45) is 1.00. The van der Waals surface area contributed by atoms with Crippen molar-refractivity contribution >= 4 is 28.4 Å². The van der Waals surface area contributed by atoms with Gasteiger partial charge in [0.1, 0.15) is 0 Å². The van der Waals surface area contributed by atoms with Crippen LogP contribution in [0.3, 0.4) is 0 Å². The third-order valence-corrected chi connectivity index (χ3v) is 6.76. The number of hydrogen-bond donors (Lipinski definition) is 2. The van der Waals surface area contributed by atoms with Crippen LogP contribution in [-0.2, 0) is 13.0 Å². The monoisotopic (exact) mass is 405 g/mol. The van der Waals surface area contributed by atoms with Crippen LogP contribution in [0.4, 0.5) is 0 Å². The first-order valence-electron chi connectivity index (χ1n) is 10.4. The molecular weight excluding hydrogens is 374 g/mol. The van der Waals surface area contributed by atoms with Crippen molar-refractivity contribution in [3.63, 3.8) is 0 Å². The smallest absolute Gasteiger partial charge is 0.0498 e. The summed E-state index contributed by atoms with van der Waals surface area (Å²) in [6, 6.07) is 13.6. The minimum absolute atomic E-state index is 0.669. The van der Waals surface area contributed by atoms with Crippen molar-refractivity contribution in [1.29, 1.82) is 0 Å². The van der Waals surface area contributed by atoms with Gasteiger partial charge in [-0.2, -0.15) is 0 Å². The van der Waals surface area contributed by atoms with Crippen LogP contribution in [0.2, 0.25) is 0 Å². The highest BCUT2D eigenvalue weighted by molar-refractivity contribution is 7.99. The molecule has 0 saturated heterocycles. The topological polar surface area (TPSA) is 31.1 Å². The first kappa shape index (κ1) is 20.1. The van der Waals surface area contributed by atoms with Crippen molar-refractivity contribution in [2.75, 3.05) is 19.5 Å². The number of nitrogens with one attached hydrogen (secondary N) is 2. The van der Waals surface area contributed by atoms with Gasteiger partial charge in [0.2, 0.25) is 0 Å². The Morgan fingerprint density at radius 3 is 2.66 bits per heavy atom. The molecule has 2 aromatic carbocycles. The lowest BCUT2D eigenvalue weighted by atomic mass is 9.98. The van der Waals surface area contributed by atoms with Crippen molar-refractivity contribution < 1.29 is 0 Å². The van der Waals surface area contributed by atoms with E-state index in [4.69, 9.17) is 0 Å². The third-order valence-electron chi connectivity index (χ3n) is 5.51. The molecule has 0 amide bonds. The van der Waals surface area contributed by atoms with Crippen molar-refractivity contribution in [3.05, 3.63) is 65.2 Å². The van der Waals surface area contributed by atoms with E-state index in [9.17, 15) is 0 Å². The van der Waals surface area contributed by atoms with Gasteiger partial charge in [0.15, 0.2) is 0 Å². The summed E-state index contributed by atoms with van der Waals surface area (Å²) in [7, 11) is 2.19. The predicted octanol–water partition coefficient (Wildman–Crippen LogP) is 5.79. The molecule has 2 heterocycles. The van der Waals surface area contributed by atoms with Crippen LogP contribution < -0.4 is 5.32 Å². The average Bonchev–Trinajstić information content (AvgIpc) is 2.95. The Morgan fingerprint density at radius 1 is 1.17 bits per heavy atom. The highest BCUT2D eigenvalue weighted by Crippen LogP contribution is 2.37. The molecule has 2 N–H and O–H groups in total. The molecule has 1 aromatic heterocycles. The van der Waals surface area contributed by atoms with Gasteiger partial charge in [-0.15, -0.1) is 11.8 Å². The van der Waals surface area contributed by atoms with Crippen LogP contribution >= 0.6 is 11.8 Å². The zero-order chi connectivity index (χ0) is 20.5. The molecular formula is C25H31N3S. The molecule has 0 atom stereocenters. The lowest BCUT2D eigenvalue weighted by molar-refractivity contribution is 0.386. The second kappa shape index (κ2) is 8.29. The van der Waals surface area contributed by atoms with E-state index in [0.717, 1.165) is 31.1 Å². The fraction of sp³-hybridized carbons (Fsp3) is 0.360. The Balaban J connectivity index is 1.64. The summed E-state index contributed by atoms with van der Waals surface area (Å²) in [5, 5.41) is 5.48. The number of nitrogens with zero attached hydrogens (tertiary/aromatic N) is 1. The first-order chi connectivity index (χ1) is 13.9. The Labute approximate surface area is 178 Å². The number of hydrogen-bond acceptors (Lipinski definition) is 3. The SMILES string of the molecule is C=C1NCCc2c(-c3ccc(CN(C)CSC(C)C)cc3)[nH]c3cc(C)cc1c23. The Bertz CT molecular complexity index is 1030. The van der Waals surface area contributed by atoms with Crippen LogP contribution in [0.15, 0.2) is 43.0 Å². The summed E-state index contributed by atoms with van der Waals surface area (Å²) in [4.78, 5) is 6.09. The van der Waals surface area contributed by atoms with E-state index in [-0.39, 0.29) is 0 Å². The highest BCUT2D eigenvalue weighted by atomic mass is 32.2. The molecule has 4 heteroatoms. The van der Waals surface area contributed by atoms with E-state index in [1.807, 2.05) is 11.8 Å². The number of aromatic amines is 1. The van der Waals surface area contributed by atoms with E-state index in [1.165, 1.54) is 44.4 Å². The van der Waals surface area contributed by atoms with Crippen LogP contribution in [0.1, 0.15) is 36.1 Å². The summed E-state index contributed by atoms with van der Waals surface area (Å²) >= 11 is 1.98. The first-order valence-corrected chi connectivity index (χ1v) is 11.4. The van der Waals surface area contributed by atoms with E-state index in [0.29, 0.717) is 5.25 Å². The second-order valence-electron chi connectivity index (χ2n) is 8.42. The molecule has 0 saturated carbocycles. The Kier molecular flexibility index (Phi) is 5.75. The third kappa shape index (κ3) is 4.24. The number of aromatic nitrogens is 1. The van der Waals surface area contributed by atoms with Crippen molar-refractivity contribution in [1.82, 2.24) is 15.2 Å². The fourth-order valence-corrected chi connectivity index (χ4v) is 4.77. The largest absolute Gasteiger partial charge is 0.385 e. The molecule has 0 bridgehead atoms. The van der Waals surface area contributed by atoms with Gasteiger partial charge in [-0.3, -0.25) is 4.90 Å². The lowest BCUT2D eigenvalue weighted by Gasteiger charge is -2.17. The molecule has 0 spiro atoms. The molecule has 1 aliphatic rings. The molecule has 0 aliphatic carbocycles. The molecule has 0 fully saturated rings. The average molecular weight is 406 g/mol. The predicted molar refractivity (Wildman–Crippen MR) is 128 cm³/mol. The highest BCUT2D eigenvalue weighted by Gasteiger charge is 2.20. The number of aryl methyl sites for hydroxylation is 1. The summed E-state index contributed by atoms with van der Waals surface area (Å²) in [5.41, 5.74) is 10.00. The summed E-state index contributed by atoms with van der Waals surface area (Å²) in [6.45, 7) is 12.8. The van der Waals surface area contributed by atoms with Crippen molar-refractivity contribution in [3.8, 4) is 11.3 Å². The maximum Gasteiger partial charge on any atom is 0.0498 e. The summed E-state index contributed by atoms with van der Waals surface area (Å²) < 4.78 is 0. The van der Waals surface area contributed by atoms with Gasteiger partial charge in [-0.25, -0.2) is 0 Å². The van der Waals surface area contributed by atoms with Gasteiger partial charge in [-0.1, -0.05) is 44.7 Å². The molecule has 0 unspecified atom stereocenters. The quantitative estimate of drug-likeness (QED) is 0.509. The number of thioether (sulfide) groups is 1. The second-order valence-corrected chi connectivity index (χ2v) is 9.96. The van der Waals surface area contributed by atoms with E-state index < -0.39 is 0 Å². The van der Waals surface area contributed by atoms with Crippen molar-refractivity contribution in [2.24, 2.45) is 0 Å². The van der Waals surface area contributed by atoms with Gasteiger partial charge in [0, 0.05) is 52.1 Å². The molecule has 0 radical (unpaired) electrons. The fourth-order valence-electron chi connectivity index (χ4n) is 4.12. The van der Waals surface area contributed by atoms with Crippen molar-refractivity contribution in [2.45, 2.75) is 39.0 Å². The molecule has 152 valence electrons. The zero-order valence-corrected chi connectivity index (χ0v) is 18.7. The molecule has 3 aromatic rings. The minimum Gasteiger partial charge on any atom is -0.385 e. The van der Waals surface area contributed by atoms with Gasteiger partial charge in [0.25, 0.3) is 0 Å². The lowest BCUT2D eigenvalue weighted by Crippen LogP contribution is -2.18. The van der Waals surface area contributed by atoms with Crippen LogP contribution in [0.25, 0.3) is 27.9 Å². The van der Waals surface area contributed by atoms with Gasteiger partial charge < -0.3 is 10.3 Å². The van der Waals surface area contributed by atoms with Gasteiger partial charge >= 0.3 is 0 Å². The molecule has 4 rings (SSSR count). The number of rotatable bonds is 6. The zero-order valence-electron chi connectivity index (χ0n) is 17.9. The number of benzene rings is 2. The number of H-pyrrole nitrogens is 1. The molecule has 29 heavy (non-hydrogen) atoms. The normalized spacial score (nSPS) is 13.9. The summed E-state index contributed by atoms with van der Waals surface area (Å²) in [5.74, 6) is 1.06. The van der Waals surface area contributed by atoms with E-state index in [1.54, 1.807) is 0 Å². The van der Waals surface area contributed by atoms with Gasteiger partial charge in [-0.05, 0) is 54.8 Å². The van der Waals surface area contributed by atoms with E-state index >= 15 is 0 Å². The standard InChI is InChI=1S/C25H31N3S/c1-16(2)29-15-28(5)14-19-6-8-20(9-7-19)25-21-10-11-26-18(4)22-12-17(3)13-23(27-25)24(21)22/h6-9,12-13,16,26-27H,4,10-11,14-15H2,1-3,5H3. The Morgan fingerprint density at radius 2 is 1.93 bits per heavy atom. The van der Waals surface area contributed by atoms with Crippen LogP contribution in [0.5, 0.6) is 0 Å². The molecule has 1 aliphatic heterocycles.